The molecule has 0 atom stereocenters. The van der Waals surface area contributed by atoms with E-state index in [1.165, 1.54) is 11.0 Å². The maximum atomic E-state index is 12.6. The summed E-state index contributed by atoms with van der Waals surface area (Å²) in [6.07, 6.45) is 1.46. The van der Waals surface area contributed by atoms with Gasteiger partial charge >= 0.3 is 0 Å². The molecule has 0 aliphatic rings. The summed E-state index contributed by atoms with van der Waals surface area (Å²) in [7, 11) is 0. The molecule has 0 saturated carbocycles. The SMILES string of the molecule is O=C(NCc1ccc(Oc2ccccc2)cc1)c1ccccc1-n1cnnn1. The van der Waals surface area contributed by atoms with Gasteiger partial charge in [0, 0.05) is 6.54 Å². The fourth-order valence-corrected chi connectivity index (χ4v) is 2.71. The van der Waals surface area contributed by atoms with Gasteiger partial charge in [-0.3, -0.25) is 4.79 Å². The summed E-state index contributed by atoms with van der Waals surface area (Å²) in [5, 5.41) is 14.0. The van der Waals surface area contributed by atoms with Crippen molar-refractivity contribution in [2.75, 3.05) is 0 Å². The fourth-order valence-electron chi connectivity index (χ4n) is 2.71. The first kappa shape index (κ1) is 17.4. The molecule has 28 heavy (non-hydrogen) atoms. The molecule has 7 nitrogen and oxygen atoms in total. The zero-order chi connectivity index (χ0) is 19.2. The van der Waals surface area contributed by atoms with Crippen molar-refractivity contribution in [2.24, 2.45) is 0 Å². The highest BCUT2D eigenvalue weighted by Gasteiger charge is 2.13. The number of para-hydroxylation sites is 2. The van der Waals surface area contributed by atoms with Crippen LogP contribution in [0, 0.1) is 0 Å². The Labute approximate surface area is 161 Å². The van der Waals surface area contributed by atoms with Gasteiger partial charge in [-0.2, -0.15) is 4.68 Å². The van der Waals surface area contributed by atoms with Crippen molar-refractivity contribution >= 4 is 5.91 Å². The van der Waals surface area contributed by atoms with E-state index in [2.05, 4.69) is 20.8 Å². The highest BCUT2D eigenvalue weighted by Crippen LogP contribution is 2.21. The molecule has 0 aliphatic carbocycles. The van der Waals surface area contributed by atoms with E-state index in [-0.39, 0.29) is 5.91 Å². The molecule has 0 saturated heterocycles. The zero-order valence-electron chi connectivity index (χ0n) is 14.9. The van der Waals surface area contributed by atoms with Gasteiger partial charge in [0.25, 0.3) is 5.91 Å². The Morgan fingerprint density at radius 3 is 2.36 bits per heavy atom. The lowest BCUT2D eigenvalue weighted by Gasteiger charge is -2.10. The predicted octanol–water partition coefficient (Wildman–Crippen LogP) is 3.38. The van der Waals surface area contributed by atoms with Crippen molar-refractivity contribution < 1.29 is 9.53 Å². The van der Waals surface area contributed by atoms with Crippen molar-refractivity contribution in [3.8, 4) is 17.2 Å². The van der Waals surface area contributed by atoms with Gasteiger partial charge in [-0.15, -0.1) is 5.10 Å². The van der Waals surface area contributed by atoms with E-state index in [1.807, 2.05) is 60.7 Å². The monoisotopic (exact) mass is 371 g/mol. The third kappa shape index (κ3) is 4.04. The number of nitrogens with zero attached hydrogens (tertiary/aromatic N) is 4. The Bertz CT molecular complexity index is 1050. The van der Waals surface area contributed by atoms with Crippen LogP contribution in [-0.2, 0) is 6.54 Å². The molecule has 1 amide bonds. The van der Waals surface area contributed by atoms with Crippen LogP contribution in [0.5, 0.6) is 11.5 Å². The topological polar surface area (TPSA) is 81.9 Å². The second kappa shape index (κ2) is 8.13. The first-order valence-corrected chi connectivity index (χ1v) is 8.72. The lowest BCUT2D eigenvalue weighted by Crippen LogP contribution is -2.24. The molecule has 3 aromatic carbocycles. The molecular weight excluding hydrogens is 354 g/mol. The van der Waals surface area contributed by atoms with Crippen LogP contribution in [0.25, 0.3) is 5.69 Å². The molecular formula is C21H17N5O2. The van der Waals surface area contributed by atoms with Crippen molar-refractivity contribution in [3.63, 3.8) is 0 Å². The van der Waals surface area contributed by atoms with Crippen LogP contribution in [0.1, 0.15) is 15.9 Å². The first-order chi connectivity index (χ1) is 13.8. The minimum atomic E-state index is -0.198. The number of ether oxygens (including phenoxy) is 1. The summed E-state index contributed by atoms with van der Waals surface area (Å²) in [5.41, 5.74) is 2.09. The number of rotatable bonds is 6. The van der Waals surface area contributed by atoms with Gasteiger partial charge in [0.1, 0.15) is 17.8 Å². The van der Waals surface area contributed by atoms with Crippen LogP contribution in [0.2, 0.25) is 0 Å². The van der Waals surface area contributed by atoms with E-state index in [1.54, 1.807) is 18.2 Å². The third-order valence-corrected chi connectivity index (χ3v) is 4.10. The zero-order valence-corrected chi connectivity index (χ0v) is 14.9. The predicted molar refractivity (Wildman–Crippen MR) is 103 cm³/mol. The van der Waals surface area contributed by atoms with E-state index < -0.39 is 0 Å². The molecule has 1 N–H and O–H groups in total. The fraction of sp³-hybridized carbons (Fsp3) is 0.0476. The molecule has 0 unspecified atom stereocenters. The minimum Gasteiger partial charge on any atom is -0.457 e. The Hall–Kier alpha value is -4.00. The van der Waals surface area contributed by atoms with Crippen molar-refractivity contribution in [3.05, 3.63) is 96.3 Å². The number of hydrogen-bond donors (Lipinski definition) is 1. The molecule has 1 heterocycles. The maximum Gasteiger partial charge on any atom is 0.253 e. The molecule has 0 spiro atoms. The maximum absolute atomic E-state index is 12.6. The van der Waals surface area contributed by atoms with Crippen LogP contribution in [0.15, 0.2) is 85.2 Å². The molecule has 138 valence electrons. The van der Waals surface area contributed by atoms with E-state index in [0.29, 0.717) is 17.8 Å². The quantitative estimate of drug-likeness (QED) is 0.562. The Morgan fingerprint density at radius 2 is 1.61 bits per heavy atom. The number of tetrazole rings is 1. The van der Waals surface area contributed by atoms with E-state index in [0.717, 1.165) is 17.1 Å². The average Bonchev–Trinajstić information content (AvgIpc) is 3.29. The van der Waals surface area contributed by atoms with E-state index in [4.69, 9.17) is 4.74 Å². The van der Waals surface area contributed by atoms with Crippen LogP contribution < -0.4 is 10.1 Å². The molecule has 0 bridgehead atoms. The van der Waals surface area contributed by atoms with Crippen molar-refractivity contribution in [1.29, 1.82) is 0 Å². The molecule has 0 fully saturated rings. The van der Waals surface area contributed by atoms with Gasteiger partial charge < -0.3 is 10.1 Å². The number of hydrogen-bond acceptors (Lipinski definition) is 5. The molecule has 4 aromatic rings. The van der Waals surface area contributed by atoms with E-state index >= 15 is 0 Å². The van der Waals surface area contributed by atoms with Gasteiger partial charge in [0.15, 0.2) is 0 Å². The van der Waals surface area contributed by atoms with Gasteiger partial charge in [-0.25, -0.2) is 0 Å². The normalized spacial score (nSPS) is 10.4. The third-order valence-electron chi connectivity index (χ3n) is 4.10. The number of nitrogens with one attached hydrogen (secondary N) is 1. The standard InChI is InChI=1S/C21H17N5O2/c27-21(19-8-4-5-9-20(19)26-15-23-24-25-26)22-14-16-10-12-18(13-11-16)28-17-6-2-1-3-7-17/h1-13,15H,14H2,(H,22,27). The smallest absolute Gasteiger partial charge is 0.253 e. The highest BCUT2D eigenvalue weighted by atomic mass is 16.5. The summed E-state index contributed by atoms with van der Waals surface area (Å²) in [4.78, 5) is 12.6. The second-order valence-electron chi connectivity index (χ2n) is 6.01. The average molecular weight is 371 g/mol. The molecule has 4 rings (SSSR count). The second-order valence-corrected chi connectivity index (χ2v) is 6.01. The van der Waals surface area contributed by atoms with Crippen molar-refractivity contribution in [2.45, 2.75) is 6.54 Å². The van der Waals surface area contributed by atoms with Crippen LogP contribution >= 0.6 is 0 Å². The molecule has 7 heteroatoms. The van der Waals surface area contributed by atoms with Gasteiger partial charge in [0.2, 0.25) is 0 Å². The van der Waals surface area contributed by atoms with Gasteiger partial charge in [0.05, 0.1) is 11.3 Å². The molecule has 0 radical (unpaired) electrons. The molecule has 0 aliphatic heterocycles. The largest absolute Gasteiger partial charge is 0.457 e. The lowest BCUT2D eigenvalue weighted by atomic mass is 10.1. The summed E-state index contributed by atoms with van der Waals surface area (Å²) < 4.78 is 7.24. The summed E-state index contributed by atoms with van der Waals surface area (Å²) in [6.45, 7) is 0.397. The minimum absolute atomic E-state index is 0.198. The Balaban J connectivity index is 1.40. The summed E-state index contributed by atoms with van der Waals surface area (Å²) >= 11 is 0. The highest BCUT2D eigenvalue weighted by molar-refractivity contribution is 5.97. The molecule has 1 aromatic heterocycles. The first-order valence-electron chi connectivity index (χ1n) is 8.72. The van der Waals surface area contributed by atoms with Gasteiger partial charge in [-0.1, -0.05) is 42.5 Å². The summed E-state index contributed by atoms with van der Waals surface area (Å²) in [6, 6.07) is 24.4. The lowest BCUT2D eigenvalue weighted by molar-refractivity contribution is 0.0950. The number of amides is 1. The van der Waals surface area contributed by atoms with Gasteiger partial charge in [-0.05, 0) is 52.4 Å². The van der Waals surface area contributed by atoms with E-state index in [9.17, 15) is 4.79 Å². The van der Waals surface area contributed by atoms with Crippen LogP contribution in [0.3, 0.4) is 0 Å². The Morgan fingerprint density at radius 1 is 0.893 bits per heavy atom. The number of carbonyl (C=O) groups excluding carboxylic acids is 1. The van der Waals surface area contributed by atoms with Crippen LogP contribution in [-0.4, -0.2) is 26.1 Å². The number of carbonyl (C=O) groups is 1. The Kier molecular flexibility index (Phi) is 5.06. The van der Waals surface area contributed by atoms with Crippen LogP contribution in [0.4, 0.5) is 0 Å². The number of aromatic nitrogens is 4. The van der Waals surface area contributed by atoms with Crippen molar-refractivity contribution in [1.82, 2.24) is 25.5 Å². The summed E-state index contributed by atoms with van der Waals surface area (Å²) in [5.74, 6) is 1.32. The number of benzene rings is 3.